The SMILES string of the molecule is C=NC(=O)c1c(F)ccc(OCc2nc3cc(Cl)cnc3s2)c1F. The van der Waals surface area contributed by atoms with Crippen molar-refractivity contribution >= 4 is 45.9 Å². The van der Waals surface area contributed by atoms with E-state index >= 15 is 0 Å². The Morgan fingerprint density at radius 3 is 2.96 bits per heavy atom. The minimum absolute atomic E-state index is 0.0731. The van der Waals surface area contributed by atoms with Crippen LogP contribution in [0.5, 0.6) is 5.75 Å². The van der Waals surface area contributed by atoms with Gasteiger partial charge in [-0.2, -0.15) is 0 Å². The maximum absolute atomic E-state index is 14.2. The Balaban J connectivity index is 1.85. The molecule has 5 nitrogen and oxygen atoms in total. The van der Waals surface area contributed by atoms with Crippen molar-refractivity contribution in [3.63, 3.8) is 0 Å². The number of thiazole rings is 1. The lowest BCUT2D eigenvalue weighted by Gasteiger charge is -2.08. The van der Waals surface area contributed by atoms with Crippen molar-refractivity contribution in [1.82, 2.24) is 9.97 Å². The highest BCUT2D eigenvalue weighted by Gasteiger charge is 2.21. The number of carbonyl (C=O) groups excluding carboxylic acids is 1. The number of rotatable bonds is 4. The third-order valence-electron chi connectivity index (χ3n) is 3.02. The molecule has 1 aromatic carbocycles. The van der Waals surface area contributed by atoms with Crippen molar-refractivity contribution < 1.29 is 18.3 Å². The molecule has 9 heteroatoms. The Morgan fingerprint density at radius 2 is 2.21 bits per heavy atom. The molecule has 3 rings (SSSR count). The summed E-state index contributed by atoms with van der Waals surface area (Å²) < 4.78 is 33.1. The number of nitrogens with zero attached hydrogens (tertiary/aromatic N) is 3. The first kappa shape index (κ1) is 16.4. The average Bonchev–Trinajstić information content (AvgIpc) is 2.95. The maximum Gasteiger partial charge on any atom is 0.282 e. The molecule has 0 bridgehead atoms. The number of amides is 1. The largest absolute Gasteiger partial charge is 0.483 e. The molecule has 0 atom stereocenters. The Labute approximate surface area is 143 Å². The van der Waals surface area contributed by atoms with Gasteiger partial charge in [-0.3, -0.25) is 4.79 Å². The highest BCUT2D eigenvalue weighted by molar-refractivity contribution is 7.18. The average molecular weight is 368 g/mol. The van der Waals surface area contributed by atoms with E-state index in [9.17, 15) is 13.6 Å². The summed E-state index contributed by atoms with van der Waals surface area (Å²) in [4.78, 5) is 23.5. The lowest BCUT2D eigenvalue weighted by atomic mass is 10.1. The molecule has 0 unspecified atom stereocenters. The normalized spacial score (nSPS) is 10.8. The second kappa shape index (κ2) is 6.58. The molecule has 24 heavy (non-hydrogen) atoms. The molecule has 0 saturated carbocycles. The fourth-order valence-electron chi connectivity index (χ4n) is 1.96. The van der Waals surface area contributed by atoms with E-state index < -0.39 is 23.1 Å². The molecule has 0 aliphatic rings. The van der Waals surface area contributed by atoms with Gasteiger partial charge >= 0.3 is 0 Å². The number of fused-ring (bicyclic) bond motifs is 1. The van der Waals surface area contributed by atoms with Crippen molar-refractivity contribution in [2.24, 2.45) is 4.99 Å². The van der Waals surface area contributed by atoms with Crippen LogP contribution in [0.15, 0.2) is 29.4 Å². The van der Waals surface area contributed by atoms with Crippen LogP contribution in [0.2, 0.25) is 5.02 Å². The Bertz CT molecular complexity index is 961. The molecule has 2 heterocycles. The Morgan fingerprint density at radius 1 is 1.42 bits per heavy atom. The molecule has 0 aliphatic carbocycles. The first-order valence-electron chi connectivity index (χ1n) is 6.52. The van der Waals surface area contributed by atoms with Crippen LogP contribution < -0.4 is 4.74 Å². The maximum atomic E-state index is 14.2. The summed E-state index contributed by atoms with van der Waals surface area (Å²) in [6.07, 6.45) is 1.49. The first-order chi connectivity index (χ1) is 11.5. The fourth-order valence-corrected chi connectivity index (χ4v) is 2.92. The van der Waals surface area contributed by atoms with Gasteiger partial charge in [0.15, 0.2) is 11.6 Å². The van der Waals surface area contributed by atoms with E-state index in [4.69, 9.17) is 16.3 Å². The van der Waals surface area contributed by atoms with E-state index in [1.807, 2.05) is 0 Å². The number of aliphatic imine (C=N–C) groups is 1. The first-order valence-corrected chi connectivity index (χ1v) is 7.72. The molecule has 2 aromatic heterocycles. The van der Waals surface area contributed by atoms with Crippen LogP contribution in [0.4, 0.5) is 8.78 Å². The standard InChI is InChI=1S/C15H8ClF2N3O2S/c1-19-14(22)12-8(17)2-3-10(13(12)18)23-6-11-21-9-4-7(16)5-20-15(9)24-11/h2-5H,1,6H2. The molecule has 1 amide bonds. The molecule has 0 fully saturated rings. The molecule has 0 saturated heterocycles. The number of hydrogen-bond donors (Lipinski definition) is 0. The van der Waals surface area contributed by atoms with Gasteiger partial charge in [0.1, 0.15) is 33.3 Å². The van der Waals surface area contributed by atoms with Gasteiger partial charge in [-0.25, -0.2) is 23.7 Å². The fraction of sp³-hybridized carbons (Fsp3) is 0.0667. The van der Waals surface area contributed by atoms with E-state index in [1.54, 1.807) is 6.07 Å². The smallest absolute Gasteiger partial charge is 0.282 e. The van der Waals surface area contributed by atoms with E-state index in [0.29, 0.717) is 20.4 Å². The minimum Gasteiger partial charge on any atom is -0.483 e. The van der Waals surface area contributed by atoms with Crippen molar-refractivity contribution in [2.45, 2.75) is 6.61 Å². The van der Waals surface area contributed by atoms with E-state index in [2.05, 4.69) is 21.7 Å². The summed E-state index contributed by atoms with van der Waals surface area (Å²) in [5, 5.41) is 0.975. The van der Waals surface area contributed by atoms with E-state index in [-0.39, 0.29) is 12.4 Å². The van der Waals surface area contributed by atoms with Crippen molar-refractivity contribution in [3.05, 3.63) is 51.6 Å². The number of halogens is 3. The number of hydrogen-bond acceptors (Lipinski definition) is 5. The van der Waals surface area contributed by atoms with Gasteiger partial charge in [-0.1, -0.05) is 22.9 Å². The summed E-state index contributed by atoms with van der Waals surface area (Å²) in [6.45, 7) is 2.90. The van der Waals surface area contributed by atoms with Gasteiger partial charge in [0.25, 0.3) is 5.91 Å². The summed E-state index contributed by atoms with van der Waals surface area (Å²) in [5.74, 6) is -3.55. The summed E-state index contributed by atoms with van der Waals surface area (Å²) >= 11 is 7.09. The van der Waals surface area contributed by atoms with Crippen LogP contribution in [0, 0.1) is 11.6 Å². The van der Waals surface area contributed by atoms with Crippen LogP contribution in [-0.2, 0) is 6.61 Å². The van der Waals surface area contributed by atoms with Crippen LogP contribution in [0.1, 0.15) is 15.4 Å². The number of aromatic nitrogens is 2. The number of benzene rings is 1. The summed E-state index contributed by atoms with van der Waals surface area (Å²) in [7, 11) is 0. The van der Waals surface area contributed by atoms with Gasteiger partial charge in [-0.05, 0) is 24.9 Å². The minimum atomic E-state index is -1.13. The number of carbonyl (C=O) groups is 1. The monoisotopic (exact) mass is 367 g/mol. The lowest BCUT2D eigenvalue weighted by molar-refractivity contribution is 0.0994. The molecular weight excluding hydrogens is 360 g/mol. The van der Waals surface area contributed by atoms with Crippen LogP contribution in [0.25, 0.3) is 10.3 Å². The molecular formula is C15H8ClF2N3O2S. The summed E-state index contributed by atoms with van der Waals surface area (Å²) in [5.41, 5.74) is -0.211. The Kier molecular flexibility index (Phi) is 4.50. The molecule has 0 aliphatic heterocycles. The summed E-state index contributed by atoms with van der Waals surface area (Å²) in [6, 6.07) is 3.67. The molecule has 0 radical (unpaired) electrons. The highest BCUT2D eigenvalue weighted by atomic mass is 35.5. The number of ether oxygens (including phenoxy) is 1. The second-order valence-electron chi connectivity index (χ2n) is 4.57. The van der Waals surface area contributed by atoms with E-state index in [0.717, 1.165) is 12.1 Å². The van der Waals surface area contributed by atoms with Crippen LogP contribution in [0.3, 0.4) is 0 Å². The third kappa shape index (κ3) is 3.10. The topological polar surface area (TPSA) is 64.4 Å². The van der Waals surface area contributed by atoms with Gasteiger partial charge in [0.05, 0.1) is 5.02 Å². The zero-order chi connectivity index (χ0) is 17.3. The zero-order valence-electron chi connectivity index (χ0n) is 11.9. The van der Waals surface area contributed by atoms with Crippen LogP contribution in [-0.4, -0.2) is 22.6 Å². The predicted molar refractivity (Wildman–Crippen MR) is 87.0 cm³/mol. The third-order valence-corrected chi connectivity index (χ3v) is 4.18. The van der Waals surface area contributed by atoms with Crippen molar-refractivity contribution in [1.29, 1.82) is 0 Å². The number of pyridine rings is 1. The quantitative estimate of drug-likeness (QED) is 0.653. The molecule has 0 N–H and O–H groups in total. The highest BCUT2D eigenvalue weighted by Crippen LogP contribution is 2.27. The Hall–Kier alpha value is -2.45. The zero-order valence-corrected chi connectivity index (χ0v) is 13.5. The second-order valence-corrected chi connectivity index (χ2v) is 6.07. The van der Waals surface area contributed by atoms with Gasteiger partial charge in [0.2, 0.25) is 0 Å². The molecule has 3 aromatic rings. The van der Waals surface area contributed by atoms with Gasteiger partial charge < -0.3 is 4.74 Å². The molecule has 0 spiro atoms. The van der Waals surface area contributed by atoms with Crippen molar-refractivity contribution in [3.8, 4) is 5.75 Å². The van der Waals surface area contributed by atoms with Gasteiger partial charge in [0, 0.05) is 6.20 Å². The van der Waals surface area contributed by atoms with Crippen LogP contribution >= 0.6 is 22.9 Å². The van der Waals surface area contributed by atoms with Gasteiger partial charge in [-0.15, -0.1) is 0 Å². The predicted octanol–water partition coefficient (Wildman–Crippen LogP) is 4.04. The molecule has 122 valence electrons. The van der Waals surface area contributed by atoms with Crippen molar-refractivity contribution in [2.75, 3.05) is 0 Å². The van der Waals surface area contributed by atoms with E-state index in [1.165, 1.54) is 17.5 Å². The lowest BCUT2D eigenvalue weighted by Crippen LogP contribution is -2.06.